The minimum absolute atomic E-state index is 0.506. The van der Waals surface area contributed by atoms with Gasteiger partial charge in [0.25, 0.3) is 0 Å². The van der Waals surface area contributed by atoms with Gasteiger partial charge in [-0.05, 0) is 23.7 Å². The summed E-state index contributed by atoms with van der Waals surface area (Å²) in [7, 11) is 0. The van der Waals surface area contributed by atoms with Crippen LogP contribution >= 0.6 is 0 Å². The van der Waals surface area contributed by atoms with Gasteiger partial charge in [-0.25, -0.2) is 0 Å². The van der Waals surface area contributed by atoms with E-state index in [1.807, 2.05) is 0 Å². The Morgan fingerprint density at radius 3 is 1.87 bits per heavy atom. The first-order valence-corrected chi connectivity index (χ1v) is 6.85. The van der Waals surface area contributed by atoms with Crippen molar-refractivity contribution in [3.8, 4) is 0 Å². The minimum atomic E-state index is 0.506. The zero-order chi connectivity index (χ0) is 11.9. The van der Waals surface area contributed by atoms with Gasteiger partial charge in [0.1, 0.15) is 0 Å². The molecule has 0 saturated heterocycles. The fourth-order valence-electron chi connectivity index (χ4n) is 2.41. The van der Waals surface area contributed by atoms with Gasteiger partial charge in [-0.1, -0.05) is 73.6 Å². The number of unbranched alkanes of at least 4 members (excludes halogenated alkanes) is 1. The van der Waals surface area contributed by atoms with Gasteiger partial charge in [0, 0.05) is 0 Å². The molecule has 0 spiro atoms. The minimum Gasteiger partial charge on any atom is -0.0654 e. The molecule has 15 heavy (non-hydrogen) atoms. The van der Waals surface area contributed by atoms with Crippen LogP contribution in [0.1, 0.15) is 80.1 Å². The van der Waals surface area contributed by atoms with E-state index in [1.165, 1.54) is 38.5 Å². The van der Waals surface area contributed by atoms with Crippen molar-refractivity contribution in [3.05, 3.63) is 0 Å². The van der Waals surface area contributed by atoms with Crippen molar-refractivity contribution in [1.29, 1.82) is 0 Å². The first-order chi connectivity index (χ1) is 6.85. The summed E-state index contributed by atoms with van der Waals surface area (Å²) in [5, 5.41) is 0. The number of rotatable bonds is 7. The monoisotopic (exact) mass is 212 g/mol. The largest absolute Gasteiger partial charge is 0.0654 e. The number of hydrogen-bond acceptors (Lipinski definition) is 0. The summed E-state index contributed by atoms with van der Waals surface area (Å²) >= 11 is 0. The van der Waals surface area contributed by atoms with E-state index in [9.17, 15) is 0 Å². The van der Waals surface area contributed by atoms with Crippen molar-refractivity contribution in [2.24, 2.45) is 17.3 Å². The Hall–Kier alpha value is 0. The number of hydrogen-bond donors (Lipinski definition) is 0. The smallest absolute Gasteiger partial charge is 0.0380 e. The molecule has 0 heteroatoms. The van der Waals surface area contributed by atoms with Crippen molar-refractivity contribution < 1.29 is 0 Å². The van der Waals surface area contributed by atoms with Crippen LogP contribution in [0.2, 0.25) is 0 Å². The molecule has 2 atom stereocenters. The molecule has 0 aromatic rings. The van der Waals surface area contributed by atoms with Crippen LogP contribution in [0.25, 0.3) is 0 Å². The maximum atomic E-state index is 2.42. The Kier molecular flexibility index (Phi) is 7.30. The molecule has 0 aliphatic heterocycles. The van der Waals surface area contributed by atoms with Crippen LogP contribution in [0.3, 0.4) is 0 Å². The van der Waals surface area contributed by atoms with Crippen molar-refractivity contribution in [2.75, 3.05) is 0 Å². The van der Waals surface area contributed by atoms with E-state index in [-0.39, 0.29) is 0 Å². The van der Waals surface area contributed by atoms with Crippen molar-refractivity contribution in [3.63, 3.8) is 0 Å². The van der Waals surface area contributed by atoms with Gasteiger partial charge >= 0.3 is 0 Å². The molecule has 0 nitrogen and oxygen atoms in total. The van der Waals surface area contributed by atoms with Gasteiger partial charge < -0.3 is 0 Å². The molecular formula is C15H32. The molecular weight excluding hydrogens is 180 g/mol. The van der Waals surface area contributed by atoms with E-state index in [1.54, 1.807) is 0 Å². The standard InChI is InChI=1S/C15H32/c1-7-8-9-13(2)10-11-14(3)12-15(4,5)6/h13-14H,7-12H2,1-6H3. The fourth-order valence-corrected chi connectivity index (χ4v) is 2.41. The highest BCUT2D eigenvalue weighted by Crippen LogP contribution is 2.28. The third kappa shape index (κ3) is 10.3. The van der Waals surface area contributed by atoms with E-state index >= 15 is 0 Å². The molecule has 0 aliphatic carbocycles. The van der Waals surface area contributed by atoms with Gasteiger partial charge in [-0.2, -0.15) is 0 Å². The second kappa shape index (κ2) is 7.30. The molecule has 0 aliphatic rings. The summed E-state index contributed by atoms with van der Waals surface area (Å²) in [5.74, 6) is 1.83. The zero-order valence-corrected chi connectivity index (χ0v) is 11.9. The quantitative estimate of drug-likeness (QED) is 0.510. The maximum Gasteiger partial charge on any atom is -0.0380 e. The Bertz CT molecular complexity index is 141. The highest BCUT2D eigenvalue weighted by molar-refractivity contribution is 4.67. The van der Waals surface area contributed by atoms with Gasteiger partial charge in [-0.15, -0.1) is 0 Å². The first-order valence-electron chi connectivity index (χ1n) is 6.85. The average Bonchev–Trinajstić information content (AvgIpc) is 2.08. The lowest BCUT2D eigenvalue weighted by Crippen LogP contribution is -2.11. The van der Waals surface area contributed by atoms with Gasteiger partial charge in [0.15, 0.2) is 0 Å². The van der Waals surface area contributed by atoms with Crippen molar-refractivity contribution in [2.45, 2.75) is 80.1 Å². The lowest BCUT2D eigenvalue weighted by Gasteiger charge is -2.24. The molecule has 92 valence electrons. The van der Waals surface area contributed by atoms with Crippen LogP contribution in [0.15, 0.2) is 0 Å². The molecule has 0 aromatic carbocycles. The Balaban J connectivity index is 3.57. The molecule has 0 saturated carbocycles. The van der Waals surface area contributed by atoms with E-state index in [2.05, 4.69) is 41.5 Å². The van der Waals surface area contributed by atoms with Crippen LogP contribution in [0.5, 0.6) is 0 Å². The maximum absolute atomic E-state index is 2.42. The van der Waals surface area contributed by atoms with Crippen LogP contribution in [0, 0.1) is 17.3 Å². The summed E-state index contributed by atoms with van der Waals surface area (Å²) in [6, 6.07) is 0. The molecule has 0 bridgehead atoms. The summed E-state index contributed by atoms with van der Waals surface area (Å²) in [6.45, 7) is 14.2. The highest BCUT2D eigenvalue weighted by atomic mass is 14.2. The molecule has 0 fully saturated rings. The predicted octanol–water partition coefficient (Wildman–Crippen LogP) is 5.67. The zero-order valence-electron chi connectivity index (χ0n) is 11.9. The first kappa shape index (κ1) is 15.0. The van der Waals surface area contributed by atoms with Crippen LogP contribution < -0.4 is 0 Å². The van der Waals surface area contributed by atoms with Gasteiger partial charge in [0.2, 0.25) is 0 Å². The summed E-state index contributed by atoms with van der Waals surface area (Å²) in [6.07, 6.45) is 8.41. The average molecular weight is 212 g/mol. The Morgan fingerprint density at radius 1 is 0.867 bits per heavy atom. The topological polar surface area (TPSA) is 0 Å². The third-order valence-corrected chi connectivity index (χ3v) is 3.16. The van der Waals surface area contributed by atoms with Crippen LogP contribution in [0.4, 0.5) is 0 Å². The van der Waals surface area contributed by atoms with Crippen LogP contribution in [-0.4, -0.2) is 0 Å². The summed E-state index contributed by atoms with van der Waals surface area (Å²) in [4.78, 5) is 0. The van der Waals surface area contributed by atoms with Crippen LogP contribution in [-0.2, 0) is 0 Å². The van der Waals surface area contributed by atoms with E-state index < -0.39 is 0 Å². The highest BCUT2D eigenvalue weighted by Gasteiger charge is 2.15. The lowest BCUT2D eigenvalue weighted by molar-refractivity contribution is 0.280. The molecule has 0 radical (unpaired) electrons. The summed E-state index contributed by atoms with van der Waals surface area (Å²) in [5.41, 5.74) is 0.506. The predicted molar refractivity (Wildman–Crippen MR) is 71.2 cm³/mol. The molecule has 0 heterocycles. The molecule has 2 unspecified atom stereocenters. The van der Waals surface area contributed by atoms with E-state index in [0.29, 0.717) is 5.41 Å². The lowest BCUT2D eigenvalue weighted by atomic mass is 9.82. The second-order valence-corrected chi connectivity index (χ2v) is 6.69. The molecule has 0 rings (SSSR count). The Labute approximate surface area is 97.8 Å². The van der Waals surface area contributed by atoms with E-state index in [4.69, 9.17) is 0 Å². The molecule has 0 aromatic heterocycles. The summed E-state index contributed by atoms with van der Waals surface area (Å²) < 4.78 is 0. The molecule has 0 N–H and O–H groups in total. The fraction of sp³-hybridized carbons (Fsp3) is 1.00. The second-order valence-electron chi connectivity index (χ2n) is 6.69. The SMILES string of the molecule is CCCCC(C)CCC(C)CC(C)(C)C. The Morgan fingerprint density at radius 2 is 1.40 bits per heavy atom. The van der Waals surface area contributed by atoms with Crippen molar-refractivity contribution in [1.82, 2.24) is 0 Å². The van der Waals surface area contributed by atoms with E-state index in [0.717, 1.165) is 11.8 Å². The normalized spacial score (nSPS) is 16.4. The van der Waals surface area contributed by atoms with Crippen molar-refractivity contribution >= 4 is 0 Å². The molecule has 0 amide bonds. The van der Waals surface area contributed by atoms with Gasteiger partial charge in [-0.3, -0.25) is 0 Å². The third-order valence-electron chi connectivity index (χ3n) is 3.16. The van der Waals surface area contributed by atoms with Gasteiger partial charge in [0.05, 0.1) is 0 Å².